The topological polar surface area (TPSA) is 80.3 Å². The zero-order chi connectivity index (χ0) is 17.9. The lowest BCUT2D eigenvalue weighted by Crippen LogP contribution is -2.46. The zero-order valence-corrected chi connectivity index (χ0v) is 15.4. The Hall–Kier alpha value is -2.15. The minimum atomic E-state index is -0.636. The van der Waals surface area contributed by atoms with Gasteiger partial charge in [-0.3, -0.25) is 9.59 Å². The van der Waals surface area contributed by atoms with Crippen LogP contribution in [0.5, 0.6) is 5.75 Å². The van der Waals surface area contributed by atoms with E-state index in [4.69, 9.17) is 4.74 Å². The molecule has 7 heteroatoms. The van der Waals surface area contributed by atoms with E-state index < -0.39 is 11.5 Å². The van der Waals surface area contributed by atoms with Gasteiger partial charge in [0.15, 0.2) is 5.13 Å². The standard InChI is InChI=1S/C17H23N3O3S/c1-6-23-11-7-8-12-13(9-11)24-16(19-12)20-14(21)10(2)18-15(22)17(3,4)5/h7-10H,6H2,1-5H3,(H,18,22)(H,19,20,21). The molecule has 1 aromatic carbocycles. The number of hydrogen-bond donors (Lipinski definition) is 2. The number of ether oxygens (including phenoxy) is 1. The second kappa shape index (κ2) is 7.17. The van der Waals surface area contributed by atoms with Crippen molar-refractivity contribution in [2.24, 2.45) is 5.41 Å². The Balaban J connectivity index is 2.05. The van der Waals surface area contributed by atoms with Crippen LogP contribution < -0.4 is 15.4 Å². The van der Waals surface area contributed by atoms with Crippen molar-refractivity contribution >= 4 is 38.5 Å². The van der Waals surface area contributed by atoms with E-state index in [1.807, 2.05) is 25.1 Å². The molecular formula is C17H23N3O3S. The highest BCUT2D eigenvalue weighted by Crippen LogP contribution is 2.29. The van der Waals surface area contributed by atoms with Crippen molar-refractivity contribution in [1.82, 2.24) is 10.3 Å². The van der Waals surface area contributed by atoms with Gasteiger partial charge in [-0.05, 0) is 32.0 Å². The third kappa shape index (κ3) is 4.44. The normalized spacial score (nSPS) is 12.7. The Morgan fingerprint density at radius 3 is 2.67 bits per heavy atom. The first-order valence-electron chi connectivity index (χ1n) is 7.86. The first-order chi connectivity index (χ1) is 11.2. The van der Waals surface area contributed by atoms with Crippen LogP contribution in [0, 0.1) is 5.41 Å². The summed E-state index contributed by atoms with van der Waals surface area (Å²) in [4.78, 5) is 28.6. The summed E-state index contributed by atoms with van der Waals surface area (Å²) in [6.07, 6.45) is 0. The predicted octanol–water partition coefficient (Wildman–Crippen LogP) is 3.18. The Kier molecular flexibility index (Phi) is 5.43. The number of fused-ring (bicyclic) bond motifs is 1. The number of nitrogens with one attached hydrogen (secondary N) is 2. The number of benzene rings is 1. The molecule has 0 saturated heterocycles. The van der Waals surface area contributed by atoms with E-state index >= 15 is 0 Å². The molecule has 2 rings (SSSR count). The van der Waals surface area contributed by atoms with E-state index in [0.717, 1.165) is 16.0 Å². The molecule has 2 N–H and O–H groups in total. The van der Waals surface area contributed by atoms with Crippen molar-refractivity contribution in [2.75, 3.05) is 11.9 Å². The molecule has 0 aliphatic heterocycles. The number of hydrogen-bond acceptors (Lipinski definition) is 5. The molecular weight excluding hydrogens is 326 g/mol. The minimum Gasteiger partial charge on any atom is -0.494 e. The molecule has 2 aromatic rings. The van der Waals surface area contributed by atoms with E-state index in [0.29, 0.717) is 11.7 Å². The summed E-state index contributed by atoms with van der Waals surface area (Å²) in [5.41, 5.74) is 0.255. The smallest absolute Gasteiger partial charge is 0.248 e. The fourth-order valence-corrected chi connectivity index (χ4v) is 2.80. The van der Waals surface area contributed by atoms with E-state index in [-0.39, 0.29) is 11.8 Å². The van der Waals surface area contributed by atoms with Crippen LogP contribution in [0.2, 0.25) is 0 Å². The van der Waals surface area contributed by atoms with Crippen molar-refractivity contribution in [3.8, 4) is 5.75 Å². The predicted molar refractivity (Wildman–Crippen MR) is 96.5 cm³/mol. The molecule has 1 heterocycles. The van der Waals surface area contributed by atoms with Crippen molar-refractivity contribution in [1.29, 1.82) is 0 Å². The highest BCUT2D eigenvalue weighted by Gasteiger charge is 2.25. The van der Waals surface area contributed by atoms with Gasteiger partial charge in [-0.1, -0.05) is 32.1 Å². The molecule has 0 spiro atoms. The van der Waals surface area contributed by atoms with E-state index in [9.17, 15) is 9.59 Å². The van der Waals surface area contributed by atoms with Gasteiger partial charge in [0.25, 0.3) is 0 Å². The van der Waals surface area contributed by atoms with Crippen LogP contribution in [0.3, 0.4) is 0 Å². The molecule has 2 amide bonds. The summed E-state index contributed by atoms with van der Waals surface area (Å²) >= 11 is 1.37. The SMILES string of the molecule is CCOc1ccc2nc(NC(=O)C(C)NC(=O)C(C)(C)C)sc2c1. The summed E-state index contributed by atoms with van der Waals surface area (Å²) in [6, 6.07) is 4.97. The first-order valence-corrected chi connectivity index (χ1v) is 8.67. The fourth-order valence-electron chi connectivity index (χ4n) is 1.91. The molecule has 0 fully saturated rings. The van der Waals surface area contributed by atoms with Crippen molar-refractivity contribution in [3.05, 3.63) is 18.2 Å². The van der Waals surface area contributed by atoms with Crippen LogP contribution in [0.15, 0.2) is 18.2 Å². The van der Waals surface area contributed by atoms with Crippen molar-refractivity contribution in [3.63, 3.8) is 0 Å². The van der Waals surface area contributed by atoms with Gasteiger partial charge in [-0.15, -0.1) is 0 Å². The number of rotatable bonds is 5. The first kappa shape index (κ1) is 18.2. The van der Waals surface area contributed by atoms with Crippen LogP contribution in [-0.2, 0) is 9.59 Å². The average Bonchev–Trinajstić information content (AvgIpc) is 2.87. The molecule has 0 aliphatic rings. The Bertz CT molecular complexity index is 749. The lowest BCUT2D eigenvalue weighted by molar-refractivity contribution is -0.131. The maximum absolute atomic E-state index is 12.2. The summed E-state index contributed by atoms with van der Waals surface area (Å²) in [7, 11) is 0. The highest BCUT2D eigenvalue weighted by atomic mass is 32.1. The van der Waals surface area contributed by atoms with Gasteiger partial charge in [0.05, 0.1) is 16.8 Å². The third-order valence-electron chi connectivity index (χ3n) is 3.32. The molecule has 24 heavy (non-hydrogen) atoms. The van der Waals surface area contributed by atoms with Crippen molar-refractivity contribution in [2.45, 2.75) is 40.7 Å². The van der Waals surface area contributed by atoms with Crippen molar-refractivity contribution < 1.29 is 14.3 Å². The van der Waals surface area contributed by atoms with E-state index in [2.05, 4.69) is 15.6 Å². The summed E-state index contributed by atoms with van der Waals surface area (Å²) in [5.74, 6) is 0.310. The van der Waals surface area contributed by atoms with Crippen LogP contribution in [-0.4, -0.2) is 29.4 Å². The molecule has 0 radical (unpaired) electrons. The average molecular weight is 349 g/mol. The number of amides is 2. The molecule has 1 unspecified atom stereocenters. The lowest BCUT2D eigenvalue weighted by atomic mass is 9.95. The lowest BCUT2D eigenvalue weighted by Gasteiger charge is -2.21. The van der Waals surface area contributed by atoms with E-state index in [1.165, 1.54) is 11.3 Å². The second-order valence-electron chi connectivity index (χ2n) is 6.52. The number of anilines is 1. The fraction of sp³-hybridized carbons (Fsp3) is 0.471. The monoisotopic (exact) mass is 349 g/mol. The Morgan fingerprint density at radius 1 is 1.33 bits per heavy atom. The summed E-state index contributed by atoms with van der Waals surface area (Å²) in [6.45, 7) is 9.58. The summed E-state index contributed by atoms with van der Waals surface area (Å²) < 4.78 is 6.40. The van der Waals surface area contributed by atoms with Crippen LogP contribution in [0.25, 0.3) is 10.2 Å². The Labute approximate surface area is 145 Å². The number of nitrogens with zero attached hydrogens (tertiary/aromatic N) is 1. The minimum absolute atomic E-state index is 0.171. The molecule has 1 atom stereocenters. The highest BCUT2D eigenvalue weighted by molar-refractivity contribution is 7.22. The third-order valence-corrected chi connectivity index (χ3v) is 4.26. The van der Waals surface area contributed by atoms with Gasteiger partial charge in [0.1, 0.15) is 11.8 Å². The van der Waals surface area contributed by atoms with Crippen LogP contribution in [0.4, 0.5) is 5.13 Å². The largest absolute Gasteiger partial charge is 0.494 e. The zero-order valence-electron chi connectivity index (χ0n) is 14.6. The van der Waals surface area contributed by atoms with Gasteiger partial charge in [0, 0.05) is 5.41 Å². The van der Waals surface area contributed by atoms with Gasteiger partial charge < -0.3 is 15.4 Å². The summed E-state index contributed by atoms with van der Waals surface area (Å²) in [5, 5.41) is 5.96. The maximum Gasteiger partial charge on any atom is 0.248 e. The molecule has 0 bridgehead atoms. The van der Waals surface area contributed by atoms with Crippen LogP contribution in [0.1, 0.15) is 34.6 Å². The van der Waals surface area contributed by atoms with Crippen LogP contribution >= 0.6 is 11.3 Å². The van der Waals surface area contributed by atoms with Gasteiger partial charge in [-0.2, -0.15) is 0 Å². The molecule has 1 aromatic heterocycles. The molecule has 130 valence electrons. The number of thiazole rings is 1. The number of carbonyl (C=O) groups is 2. The van der Waals surface area contributed by atoms with E-state index in [1.54, 1.807) is 27.7 Å². The van der Waals surface area contributed by atoms with Gasteiger partial charge in [-0.25, -0.2) is 4.98 Å². The molecule has 6 nitrogen and oxygen atoms in total. The number of carbonyl (C=O) groups excluding carboxylic acids is 2. The Morgan fingerprint density at radius 2 is 2.04 bits per heavy atom. The number of aromatic nitrogens is 1. The molecule has 0 saturated carbocycles. The second-order valence-corrected chi connectivity index (χ2v) is 7.55. The molecule has 0 aliphatic carbocycles. The van der Waals surface area contributed by atoms with Gasteiger partial charge in [0.2, 0.25) is 11.8 Å². The quantitative estimate of drug-likeness (QED) is 0.869. The maximum atomic E-state index is 12.2. The van der Waals surface area contributed by atoms with Gasteiger partial charge >= 0.3 is 0 Å².